The van der Waals surface area contributed by atoms with Crippen LogP contribution in [0.1, 0.15) is 149 Å². The van der Waals surface area contributed by atoms with E-state index in [4.69, 9.17) is 4.74 Å². The second-order valence-corrected chi connectivity index (χ2v) is 10.8. The van der Waals surface area contributed by atoms with Crippen molar-refractivity contribution < 1.29 is 14.3 Å². The largest absolute Gasteiger partial charge is 0.494 e. The van der Waals surface area contributed by atoms with E-state index in [1.165, 1.54) is 102 Å². The van der Waals surface area contributed by atoms with Crippen LogP contribution in [-0.4, -0.2) is 18.2 Å². The quantitative estimate of drug-likeness (QED) is 0.0831. The number of carbonyl (C=O) groups excluding carboxylic acids is 2. The minimum Gasteiger partial charge on any atom is -0.494 e. The first-order valence-corrected chi connectivity index (χ1v) is 15.5. The van der Waals surface area contributed by atoms with Crippen LogP contribution >= 0.6 is 0 Å². The standard InChI is InChI=1S/C35H52O3/c1-3-5-7-9-11-13-15-17-19-30-20-22-31(23-21-30)34(36)29-35(37)32-24-26-33(27-25-32)38-28-18-16-14-12-10-8-6-4-2/h20-27H,3-19,28-29H2,1-2H3. The molecule has 0 aromatic heterocycles. The summed E-state index contributed by atoms with van der Waals surface area (Å²) in [7, 11) is 0. The van der Waals surface area contributed by atoms with Gasteiger partial charge in [-0.15, -0.1) is 0 Å². The molecule has 210 valence electrons. The van der Waals surface area contributed by atoms with Gasteiger partial charge in [0.05, 0.1) is 13.0 Å². The van der Waals surface area contributed by atoms with E-state index in [-0.39, 0.29) is 18.0 Å². The van der Waals surface area contributed by atoms with E-state index in [1.807, 2.05) is 36.4 Å². The van der Waals surface area contributed by atoms with Gasteiger partial charge in [0, 0.05) is 11.1 Å². The Bertz CT molecular complexity index is 882. The maximum Gasteiger partial charge on any atom is 0.170 e. The Balaban J connectivity index is 1.63. The number of benzene rings is 2. The minimum absolute atomic E-state index is 0.101. The van der Waals surface area contributed by atoms with E-state index in [0.717, 1.165) is 18.6 Å². The molecule has 0 saturated heterocycles. The summed E-state index contributed by atoms with van der Waals surface area (Å²) in [6.45, 7) is 5.21. The van der Waals surface area contributed by atoms with Crippen LogP contribution in [0.5, 0.6) is 5.75 Å². The molecule has 0 spiro atoms. The number of carbonyl (C=O) groups is 2. The molecule has 0 unspecified atom stereocenters. The van der Waals surface area contributed by atoms with Crippen molar-refractivity contribution in [1.29, 1.82) is 0 Å². The Hall–Kier alpha value is -2.42. The van der Waals surface area contributed by atoms with Crippen LogP contribution in [0, 0.1) is 0 Å². The van der Waals surface area contributed by atoms with E-state index in [9.17, 15) is 9.59 Å². The SMILES string of the molecule is CCCCCCCCCCOc1ccc(C(=O)CC(=O)c2ccc(CCCCCCCCCC)cc2)cc1. The highest BCUT2D eigenvalue weighted by Gasteiger charge is 2.14. The van der Waals surface area contributed by atoms with Gasteiger partial charge in [0.2, 0.25) is 0 Å². The molecule has 0 amide bonds. The molecule has 2 rings (SSSR count). The Morgan fingerprint density at radius 1 is 0.526 bits per heavy atom. The molecular formula is C35H52O3. The lowest BCUT2D eigenvalue weighted by molar-refractivity contribution is 0.0894. The Morgan fingerprint density at radius 2 is 0.947 bits per heavy atom. The molecule has 0 aliphatic carbocycles. The number of unbranched alkanes of at least 4 members (excludes halogenated alkanes) is 14. The fraction of sp³-hybridized carbons (Fsp3) is 0.600. The number of hydrogen-bond donors (Lipinski definition) is 0. The van der Waals surface area contributed by atoms with E-state index in [2.05, 4.69) is 13.8 Å². The van der Waals surface area contributed by atoms with Gasteiger partial charge < -0.3 is 4.74 Å². The zero-order valence-corrected chi connectivity index (χ0v) is 24.3. The second-order valence-electron chi connectivity index (χ2n) is 10.8. The molecule has 0 fully saturated rings. The molecule has 3 heteroatoms. The van der Waals surface area contributed by atoms with Crippen molar-refractivity contribution in [1.82, 2.24) is 0 Å². The zero-order valence-electron chi connectivity index (χ0n) is 24.3. The fourth-order valence-corrected chi connectivity index (χ4v) is 4.83. The van der Waals surface area contributed by atoms with Crippen LogP contribution in [0.4, 0.5) is 0 Å². The Morgan fingerprint density at radius 3 is 1.45 bits per heavy atom. The molecule has 3 nitrogen and oxygen atoms in total. The average molecular weight is 521 g/mol. The summed E-state index contributed by atoms with van der Waals surface area (Å²) in [5.41, 5.74) is 2.44. The van der Waals surface area contributed by atoms with Crippen molar-refractivity contribution >= 4 is 11.6 Å². The number of rotatable bonds is 23. The Kier molecular flexibility index (Phi) is 17.2. The lowest BCUT2D eigenvalue weighted by Crippen LogP contribution is -2.09. The van der Waals surface area contributed by atoms with Crippen molar-refractivity contribution in [2.45, 2.75) is 129 Å². The summed E-state index contributed by atoms with van der Waals surface area (Å²) in [5.74, 6) is 0.513. The number of hydrogen-bond acceptors (Lipinski definition) is 3. The van der Waals surface area contributed by atoms with Gasteiger partial charge in [-0.25, -0.2) is 0 Å². The highest BCUT2D eigenvalue weighted by Crippen LogP contribution is 2.17. The molecule has 0 N–H and O–H groups in total. The predicted octanol–water partition coefficient (Wildman–Crippen LogP) is 10.3. The Labute approximate surface area is 232 Å². The monoisotopic (exact) mass is 520 g/mol. The van der Waals surface area contributed by atoms with Crippen LogP contribution in [0.2, 0.25) is 0 Å². The van der Waals surface area contributed by atoms with Crippen LogP contribution in [0.25, 0.3) is 0 Å². The maximum atomic E-state index is 12.7. The minimum atomic E-state index is -0.146. The van der Waals surface area contributed by atoms with Crippen molar-refractivity contribution in [3.8, 4) is 5.75 Å². The van der Waals surface area contributed by atoms with Gasteiger partial charge in [-0.2, -0.15) is 0 Å². The van der Waals surface area contributed by atoms with Crippen LogP contribution in [0.3, 0.4) is 0 Å². The summed E-state index contributed by atoms with van der Waals surface area (Å²) in [6.07, 6.45) is 21.7. The van der Waals surface area contributed by atoms with Crippen molar-refractivity contribution in [2.24, 2.45) is 0 Å². The summed E-state index contributed by atoms with van der Waals surface area (Å²) in [6, 6.07) is 15.0. The van der Waals surface area contributed by atoms with Gasteiger partial charge in [0.1, 0.15) is 5.75 Å². The van der Waals surface area contributed by atoms with E-state index < -0.39 is 0 Å². The normalized spacial score (nSPS) is 11.0. The zero-order chi connectivity index (χ0) is 27.3. The second kappa shape index (κ2) is 20.5. The van der Waals surface area contributed by atoms with Crippen molar-refractivity contribution in [3.63, 3.8) is 0 Å². The molecule has 0 atom stereocenters. The van der Waals surface area contributed by atoms with Crippen LogP contribution in [-0.2, 0) is 6.42 Å². The van der Waals surface area contributed by atoms with E-state index in [1.54, 1.807) is 12.1 Å². The van der Waals surface area contributed by atoms with Gasteiger partial charge in [-0.1, -0.05) is 128 Å². The molecular weight excluding hydrogens is 468 g/mol. The van der Waals surface area contributed by atoms with Gasteiger partial charge in [0.25, 0.3) is 0 Å². The highest BCUT2D eigenvalue weighted by molar-refractivity contribution is 6.13. The molecule has 0 radical (unpaired) electrons. The highest BCUT2D eigenvalue weighted by atomic mass is 16.5. The summed E-state index contributed by atoms with van der Waals surface area (Å²) in [4.78, 5) is 25.3. The number of ketones is 2. The van der Waals surface area contributed by atoms with Gasteiger partial charge in [0.15, 0.2) is 11.6 Å². The van der Waals surface area contributed by atoms with Crippen LogP contribution in [0.15, 0.2) is 48.5 Å². The smallest absolute Gasteiger partial charge is 0.170 e. The molecule has 38 heavy (non-hydrogen) atoms. The number of aryl methyl sites for hydroxylation is 1. The molecule has 2 aromatic carbocycles. The molecule has 0 heterocycles. The lowest BCUT2D eigenvalue weighted by Gasteiger charge is -2.08. The fourth-order valence-electron chi connectivity index (χ4n) is 4.83. The first-order valence-electron chi connectivity index (χ1n) is 15.5. The maximum absolute atomic E-state index is 12.7. The third-order valence-corrected chi connectivity index (χ3v) is 7.36. The molecule has 0 aliphatic heterocycles. The number of Topliss-reactive ketones (excluding diaryl/α,β-unsaturated/α-hetero) is 2. The molecule has 0 saturated carbocycles. The lowest BCUT2D eigenvalue weighted by atomic mass is 9.99. The average Bonchev–Trinajstić information content (AvgIpc) is 2.94. The number of ether oxygens (including phenoxy) is 1. The first-order chi connectivity index (χ1) is 18.6. The van der Waals surface area contributed by atoms with Gasteiger partial charge in [-0.3, -0.25) is 9.59 Å². The molecule has 2 aromatic rings. The predicted molar refractivity (Wildman–Crippen MR) is 161 cm³/mol. The summed E-state index contributed by atoms with van der Waals surface area (Å²) < 4.78 is 5.83. The van der Waals surface area contributed by atoms with Crippen LogP contribution < -0.4 is 4.74 Å². The van der Waals surface area contributed by atoms with Gasteiger partial charge in [-0.05, 0) is 49.1 Å². The molecule has 0 aliphatic rings. The van der Waals surface area contributed by atoms with Crippen molar-refractivity contribution in [3.05, 3.63) is 65.2 Å². The van der Waals surface area contributed by atoms with Crippen molar-refractivity contribution in [2.75, 3.05) is 6.61 Å². The summed E-state index contributed by atoms with van der Waals surface area (Å²) in [5, 5.41) is 0. The summed E-state index contributed by atoms with van der Waals surface area (Å²) >= 11 is 0. The third kappa shape index (κ3) is 13.9. The van der Waals surface area contributed by atoms with Gasteiger partial charge >= 0.3 is 0 Å². The first kappa shape index (κ1) is 31.8. The third-order valence-electron chi connectivity index (χ3n) is 7.36. The van der Waals surface area contributed by atoms with E-state index >= 15 is 0 Å². The van der Waals surface area contributed by atoms with E-state index in [0.29, 0.717) is 17.7 Å². The topological polar surface area (TPSA) is 43.4 Å². The molecule has 0 bridgehead atoms.